The zero-order valence-corrected chi connectivity index (χ0v) is 17.3. The molecule has 1 aliphatic rings. The van der Waals surface area contributed by atoms with Crippen molar-refractivity contribution in [1.29, 1.82) is 0 Å². The molecule has 1 amide bonds. The zero-order chi connectivity index (χ0) is 21.1. The molecule has 3 aromatic rings. The molecule has 0 saturated carbocycles. The second kappa shape index (κ2) is 8.83. The molecule has 30 heavy (non-hydrogen) atoms. The summed E-state index contributed by atoms with van der Waals surface area (Å²) in [5, 5.41) is 0. The zero-order valence-electron chi connectivity index (χ0n) is 17.3. The second-order valence-corrected chi connectivity index (χ2v) is 7.56. The van der Waals surface area contributed by atoms with E-state index in [9.17, 15) is 9.18 Å². The van der Waals surface area contributed by atoms with E-state index in [4.69, 9.17) is 14.5 Å². The first-order chi connectivity index (χ1) is 14.6. The fraction of sp³-hybridized carbons (Fsp3) is 0.391. The monoisotopic (exact) mass is 411 g/mol. The van der Waals surface area contributed by atoms with Gasteiger partial charge in [0.1, 0.15) is 24.0 Å². The van der Waals surface area contributed by atoms with E-state index in [1.54, 1.807) is 13.2 Å². The highest BCUT2D eigenvalue weighted by atomic mass is 19.1. The normalized spacial score (nSPS) is 15.0. The first-order valence-electron chi connectivity index (χ1n) is 10.2. The van der Waals surface area contributed by atoms with Crippen LogP contribution in [0, 0.1) is 5.82 Å². The third kappa shape index (κ3) is 4.03. The lowest BCUT2D eigenvalue weighted by atomic mass is 10.0. The number of aromatic nitrogens is 2. The maximum atomic E-state index is 13.9. The van der Waals surface area contributed by atoms with Crippen molar-refractivity contribution in [1.82, 2.24) is 14.5 Å². The number of carbonyl (C=O) groups is 1. The Labute approximate surface area is 175 Å². The van der Waals surface area contributed by atoms with Gasteiger partial charge < -0.3 is 18.9 Å². The number of amides is 1. The molecule has 4 rings (SSSR count). The molecular weight excluding hydrogens is 385 g/mol. The SMILES string of the molecule is COCC(=O)N1CCC(n2c(Cc3ccccc3OC)nc3cc(F)ccc32)CC1. The molecule has 2 aromatic carbocycles. The van der Waals surface area contributed by atoms with Crippen molar-refractivity contribution < 1.29 is 18.7 Å². The number of para-hydroxylation sites is 1. The molecule has 0 aliphatic carbocycles. The maximum absolute atomic E-state index is 13.9. The van der Waals surface area contributed by atoms with Gasteiger partial charge >= 0.3 is 0 Å². The second-order valence-electron chi connectivity index (χ2n) is 7.56. The Morgan fingerprint density at radius 1 is 1.17 bits per heavy atom. The number of benzene rings is 2. The van der Waals surface area contributed by atoms with Crippen molar-refractivity contribution in [2.75, 3.05) is 33.9 Å². The average molecular weight is 411 g/mol. The molecule has 1 fully saturated rings. The van der Waals surface area contributed by atoms with Gasteiger partial charge in [-0.3, -0.25) is 4.79 Å². The van der Waals surface area contributed by atoms with E-state index in [-0.39, 0.29) is 24.4 Å². The molecule has 0 bridgehead atoms. The van der Waals surface area contributed by atoms with Crippen LogP contribution in [-0.4, -0.2) is 54.3 Å². The van der Waals surface area contributed by atoms with Gasteiger partial charge in [-0.05, 0) is 31.0 Å². The highest BCUT2D eigenvalue weighted by Gasteiger charge is 2.27. The molecule has 1 aliphatic heterocycles. The molecule has 1 aromatic heterocycles. The summed E-state index contributed by atoms with van der Waals surface area (Å²) >= 11 is 0. The van der Waals surface area contributed by atoms with Gasteiger partial charge in [0.05, 0.1) is 18.1 Å². The van der Waals surface area contributed by atoms with Crippen molar-refractivity contribution >= 4 is 16.9 Å². The fourth-order valence-electron chi connectivity index (χ4n) is 4.26. The lowest BCUT2D eigenvalue weighted by Gasteiger charge is -2.33. The van der Waals surface area contributed by atoms with Crippen molar-refractivity contribution in [3.63, 3.8) is 0 Å². The minimum Gasteiger partial charge on any atom is -0.496 e. The quantitative estimate of drug-likeness (QED) is 0.622. The number of piperidine rings is 1. The number of likely N-dealkylation sites (tertiary alicyclic amines) is 1. The van der Waals surface area contributed by atoms with E-state index >= 15 is 0 Å². The number of rotatable bonds is 6. The van der Waals surface area contributed by atoms with Crippen molar-refractivity contribution in [2.24, 2.45) is 0 Å². The van der Waals surface area contributed by atoms with Crippen molar-refractivity contribution in [3.8, 4) is 5.75 Å². The molecule has 1 saturated heterocycles. The van der Waals surface area contributed by atoms with Gasteiger partial charge in [0.2, 0.25) is 5.91 Å². The van der Waals surface area contributed by atoms with Gasteiger partial charge in [-0.2, -0.15) is 0 Å². The summed E-state index contributed by atoms with van der Waals surface area (Å²) in [7, 11) is 3.19. The predicted octanol–water partition coefficient (Wildman–Crippen LogP) is 3.58. The predicted molar refractivity (Wildman–Crippen MR) is 112 cm³/mol. The third-order valence-electron chi connectivity index (χ3n) is 5.72. The van der Waals surface area contributed by atoms with Gasteiger partial charge in [-0.25, -0.2) is 9.37 Å². The number of fused-ring (bicyclic) bond motifs is 1. The van der Waals surface area contributed by atoms with E-state index in [0.29, 0.717) is 25.0 Å². The molecule has 158 valence electrons. The summed E-state index contributed by atoms with van der Waals surface area (Å²) in [4.78, 5) is 18.8. The van der Waals surface area contributed by atoms with Gasteiger partial charge in [0, 0.05) is 44.3 Å². The van der Waals surface area contributed by atoms with E-state index in [0.717, 1.165) is 35.5 Å². The van der Waals surface area contributed by atoms with Crippen LogP contribution in [0.1, 0.15) is 30.3 Å². The van der Waals surface area contributed by atoms with Crippen LogP contribution in [0.2, 0.25) is 0 Å². The standard InChI is InChI=1S/C23H26FN3O3/c1-29-15-23(28)26-11-9-18(10-12-26)27-20-8-7-17(24)14-19(20)25-22(27)13-16-5-3-4-6-21(16)30-2/h3-8,14,18H,9-13,15H2,1-2H3. The fourth-order valence-corrected chi connectivity index (χ4v) is 4.26. The molecule has 2 heterocycles. The van der Waals surface area contributed by atoms with Crippen molar-refractivity contribution in [2.45, 2.75) is 25.3 Å². The van der Waals surface area contributed by atoms with E-state index in [1.165, 1.54) is 19.2 Å². The molecule has 7 heteroatoms. The summed E-state index contributed by atoms with van der Waals surface area (Å²) in [5.74, 6) is 1.41. The number of hydrogen-bond acceptors (Lipinski definition) is 4. The first-order valence-corrected chi connectivity index (χ1v) is 10.2. The van der Waals surface area contributed by atoms with Gasteiger partial charge in [0.25, 0.3) is 0 Å². The smallest absolute Gasteiger partial charge is 0.248 e. The minimum atomic E-state index is -0.295. The van der Waals surface area contributed by atoms with Crippen LogP contribution in [0.5, 0.6) is 5.75 Å². The number of nitrogens with zero attached hydrogens (tertiary/aromatic N) is 3. The van der Waals surface area contributed by atoms with Crippen molar-refractivity contribution in [3.05, 3.63) is 59.7 Å². The number of carbonyl (C=O) groups excluding carboxylic acids is 1. The van der Waals surface area contributed by atoms with Gasteiger partial charge in [-0.15, -0.1) is 0 Å². The number of methoxy groups -OCH3 is 2. The Morgan fingerprint density at radius 3 is 2.67 bits per heavy atom. The number of halogens is 1. The Hall–Kier alpha value is -2.93. The summed E-state index contributed by atoms with van der Waals surface area (Å²) in [6, 6.07) is 12.8. The first kappa shape index (κ1) is 20.3. The molecule has 0 spiro atoms. The van der Waals surface area contributed by atoms with Crippen LogP contribution in [0.4, 0.5) is 4.39 Å². The van der Waals surface area contributed by atoms with Crippen LogP contribution in [0.25, 0.3) is 11.0 Å². The molecule has 0 N–H and O–H groups in total. The van der Waals surface area contributed by atoms with Crippen LogP contribution in [-0.2, 0) is 16.0 Å². The Kier molecular flexibility index (Phi) is 5.99. The average Bonchev–Trinajstić information content (AvgIpc) is 3.11. The third-order valence-corrected chi connectivity index (χ3v) is 5.72. The largest absolute Gasteiger partial charge is 0.496 e. The summed E-state index contributed by atoms with van der Waals surface area (Å²) in [6.07, 6.45) is 2.22. The van der Waals surface area contributed by atoms with E-state index in [1.807, 2.05) is 29.2 Å². The van der Waals surface area contributed by atoms with Gasteiger partial charge in [0.15, 0.2) is 0 Å². The molecular formula is C23H26FN3O3. The van der Waals surface area contributed by atoms with Crippen LogP contribution in [0.15, 0.2) is 42.5 Å². The Morgan fingerprint density at radius 2 is 1.93 bits per heavy atom. The Bertz CT molecular complexity index is 1040. The number of imidazole rings is 1. The lowest BCUT2D eigenvalue weighted by molar-refractivity contribution is -0.136. The van der Waals surface area contributed by atoms with Crippen LogP contribution >= 0.6 is 0 Å². The number of hydrogen-bond donors (Lipinski definition) is 0. The summed E-state index contributed by atoms with van der Waals surface area (Å²) < 4.78 is 26.6. The maximum Gasteiger partial charge on any atom is 0.248 e. The van der Waals surface area contributed by atoms with Gasteiger partial charge in [-0.1, -0.05) is 18.2 Å². The highest BCUT2D eigenvalue weighted by molar-refractivity contribution is 5.78. The molecule has 0 atom stereocenters. The van der Waals surface area contributed by atoms with E-state index < -0.39 is 0 Å². The highest BCUT2D eigenvalue weighted by Crippen LogP contribution is 2.31. The lowest BCUT2D eigenvalue weighted by Crippen LogP contribution is -2.41. The molecule has 6 nitrogen and oxygen atoms in total. The number of ether oxygens (including phenoxy) is 2. The topological polar surface area (TPSA) is 56.6 Å². The van der Waals surface area contributed by atoms with E-state index in [2.05, 4.69) is 4.57 Å². The molecule has 0 unspecified atom stereocenters. The minimum absolute atomic E-state index is 0.0164. The summed E-state index contributed by atoms with van der Waals surface area (Å²) in [6.45, 7) is 1.45. The summed E-state index contributed by atoms with van der Waals surface area (Å²) in [5.41, 5.74) is 2.60. The molecule has 0 radical (unpaired) electrons. The van der Waals surface area contributed by atoms with Crippen LogP contribution in [0.3, 0.4) is 0 Å². The Balaban J connectivity index is 1.66. The van der Waals surface area contributed by atoms with Crippen LogP contribution < -0.4 is 4.74 Å².